The summed E-state index contributed by atoms with van der Waals surface area (Å²) >= 11 is 11.7. The van der Waals surface area contributed by atoms with Crippen molar-refractivity contribution in [3.8, 4) is 0 Å². The normalized spacial score (nSPS) is 10.6. The zero-order valence-corrected chi connectivity index (χ0v) is 9.78. The molecular formula is C9H13Cl2N3. The van der Waals surface area contributed by atoms with Gasteiger partial charge in [-0.1, -0.05) is 29.8 Å². The highest BCUT2D eigenvalue weighted by molar-refractivity contribution is 6.30. The molecule has 0 aliphatic heterocycles. The van der Waals surface area contributed by atoms with Gasteiger partial charge in [0.1, 0.15) is 5.15 Å². The van der Waals surface area contributed by atoms with Gasteiger partial charge in [-0.15, -0.1) is 0 Å². The number of nitrogens with one attached hydrogen (secondary N) is 1. The first-order valence-electron chi connectivity index (χ1n) is 4.24. The Bertz CT molecular complexity index is 344. The number of hydrogen-bond acceptors (Lipinski definition) is 2. The first kappa shape index (κ1) is 11.6. The van der Waals surface area contributed by atoms with Crippen molar-refractivity contribution in [1.29, 1.82) is 0 Å². The summed E-state index contributed by atoms with van der Waals surface area (Å²) in [5.41, 5.74) is 1.94. The van der Waals surface area contributed by atoms with Crippen LogP contribution >= 0.6 is 23.2 Å². The minimum Gasteiger partial charge on any atom is -0.308 e. The fraction of sp³-hybridized carbons (Fsp3) is 0.444. The van der Waals surface area contributed by atoms with Crippen molar-refractivity contribution >= 4 is 23.2 Å². The number of halogens is 2. The Kier molecular flexibility index (Phi) is 3.98. The van der Waals surface area contributed by atoms with E-state index in [9.17, 15) is 0 Å². The molecule has 0 atom stereocenters. The molecular weight excluding hydrogens is 221 g/mol. The van der Waals surface area contributed by atoms with E-state index in [2.05, 4.69) is 17.0 Å². The van der Waals surface area contributed by atoms with Crippen molar-refractivity contribution in [3.63, 3.8) is 0 Å². The molecule has 0 aliphatic rings. The van der Waals surface area contributed by atoms with Crippen LogP contribution in [0.1, 0.15) is 11.3 Å². The molecule has 1 N–H and O–H groups in total. The fourth-order valence-corrected chi connectivity index (χ4v) is 1.53. The number of aryl methyl sites for hydroxylation is 2. The van der Waals surface area contributed by atoms with Crippen LogP contribution in [0.2, 0.25) is 5.15 Å². The number of nitrogens with zero attached hydrogens (tertiary/aromatic N) is 2. The standard InChI is InChI=1S/C9H13Cl2N3/c1-6(10)4-12-5-8-7(2)13-14(3)9(8)11/h12H,1,4-5H2,2-3H3. The predicted octanol–water partition coefficient (Wildman–Crippen LogP) is 2.22. The molecule has 0 unspecified atom stereocenters. The van der Waals surface area contributed by atoms with Crippen molar-refractivity contribution in [2.45, 2.75) is 13.5 Å². The van der Waals surface area contributed by atoms with E-state index in [4.69, 9.17) is 23.2 Å². The lowest BCUT2D eigenvalue weighted by atomic mass is 10.2. The van der Waals surface area contributed by atoms with Gasteiger partial charge in [0.05, 0.1) is 5.69 Å². The average molecular weight is 234 g/mol. The van der Waals surface area contributed by atoms with E-state index in [-0.39, 0.29) is 0 Å². The number of aromatic nitrogens is 2. The second-order valence-corrected chi connectivity index (χ2v) is 3.99. The summed E-state index contributed by atoms with van der Waals surface area (Å²) in [5.74, 6) is 0. The Balaban J connectivity index is 2.62. The fourth-order valence-electron chi connectivity index (χ4n) is 1.20. The number of hydrogen-bond donors (Lipinski definition) is 1. The minimum absolute atomic E-state index is 0.576. The Morgan fingerprint density at radius 2 is 2.29 bits per heavy atom. The molecule has 5 heteroatoms. The molecule has 0 fully saturated rings. The van der Waals surface area contributed by atoms with Crippen molar-refractivity contribution in [2.24, 2.45) is 7.05 Å². The van der Waals surface area contributed by atoms with Gasteiger partial charge in [-0.2, -0.15) is 5.10 Å². The zero-order valence-electron chi connectivity index (χ0n) is 8.27. The van der Waals surface area contributed by atoms with Gasteiger partial charge in [0.2, 0.25) is 0 Å². The molecule has 1 aromatic heterocycles. The topological polar surface area (TPSA) is 29.9 Å². The molecule has 0 aliphatic carbocycles. The molecule has 14 heavy (non-hydrogen) atoms. The highest BCUT2D eigenvalue weighted by Crippen LogP contribution is 2.18. The van der Waals surface area contributed by atoms with Crippen molar-refractivity contribution in [1.82, 2.24) is 15.1 Å². The minimum atomic E-state index is 0.576. The molecule has 0 spiro atoms. The summed E-state index contributed by atoms with van der Waals surface area (Å²) < 4.78 is 1.66. The van der Waals surface area contributed by atoms with Crippen molar-refractivity contribution in [2.75, 3.05) is 6.54 Å². The third-order valence-corrected chi connectivity index (χ3v) is 2.49. The van der Waals surface area contributed by atoms with E-state index in [1.54, 1.807) is 4.68 Å². The smallest absolute Gasteiger partial charge is 0.131 e. The Labute approximate surface area is 93.7 Å². The second-order valence-electron chi connectivity index (χ2n) is 3.10. The lowest BCUT2D eigenvalue weighted by Crippen LogP contribution is -2.15. The van der Waals surface area contributed by atoms with Crippen LogP contribution in [0.4, 0.5) is 0 Å². The van der Waals surface area contributed by atoms with Gasteiger partial charge in [-0.05, 0) is 6.92 Å². The molecule has 1 heterocycles. The quantitative estimate of drug-likeness (QED) is 0.865. The van der Waals surface area contributed by atoms with E-state index >= 15 is 0 Å². The molecule has 0 amide bonds. The van der Waals surface area contributed by atoms with Gasteiger partial charge in [0, 0.05) is 30.7 Å². The molecule has 78 valence electrons. The summed E-state index contributed by atoms with van der Waals surface area (Å²) in [6.45, 7) is 6.75. The maximum Gasteiger partial charge on any atom is 0.131 e. The van der Waals surface area contributed by atoms with E-state index in [0.717, 1.165) is 11.3 Å². The molecule has 3 nitrogen and oxygen atoms in total. The molecule has 0 aromatic carbocycles. The Hall–Kier alpha value is -0.510. The third kappa shape index (κ3) is 2.74. The van der Waals surface area contributed by atoms with Gasteiger partial charge in [-0.3, -0.25) is 4.68 Å². The molecule has 0 radical (unpaired) electrons. The average Bonchev–Trinajstić information content (AvgIpc) is 2.31. The van der Waals surface area contributed by atoms with Crippen LogP contribution in [0.15, 0.2) is 11.6 Å². The van der Waals surface area contributed by atoms with Gasteiger partial charge < -0.3 is 5.32 Å². The van der Waals surface area contributed by atoms with Crippen molar-refractivity contribution < 1.29 is 0 Å². The molecule has 1 aromatic rings. The van der Waals surface area contributed by atoms with Gasteiger partial charge >= 0.3 is 0 Å². The third-order valence-electron chi connectivity index (χ3n) is 1.89. The SMILES string of the molecule is C=C(Cl)CNCc1c(C)nn(C)c1Cl. The lowest BCUT2D eigenvalue weighted by molar-refractivity contribution is 0.747. The van der Waals surface area contributed by atoms with E-state index in [1.807, 2.05) is 14.0 Å². The highest BCUT2D eigenvalue weighted by atomic mass is 35.5. The predicted molar refractivity (Wildman–Crippen MR) is 59.7 cm³/mol. The maximum atomic E-state index is 6.03. The van der Waals surface area contributed by atoms with Crippen LogP contribution < -0.4 is 5.32 Å². The molecule has 0 bridgehead atoms. The van der Waals surface area contributed by atoms with E-state index in [1.165, 1.54) is 0 Å². The molecule has 0 saturated carbocycles. The van der Waals surface area contributed by atoms with Crippen LogP contribution in [-0.2, 0) is 13.6 Å². The van der Waals surface area contributed by atoms with E-state index in [0.29, 0.717) is 23.3 Å². The van der Waals surface area contributed by atoms with Crippen LogP contribution in [0, 0.1) is 6.92 Å². The van der Waals surface area contributed by atoms with Crippen LogP contribution in [0.25, 0.3) is 0 Å². The lowest BCUT2D eigenvalue weighted by Gasteiger charge is -2.02. The second kappa shape index (κ2) is 4.82. The largest absolute Gasteiger partial charge is 0.308 e. The van der Waals surface area contributed by atoms with Gasteiger partial charge in [0.25, 0.3) is 0 Å². The summed E-state index contributed by atoms with van der Waals surface area (Å²) in [6, 6.07) is 0. The summed E-state index contributed by atoms with van der Waals surface area (Å²) in [6.07, 6.45) is 0. The monoisotopic (exact) mass is 233 g/mol. The van der Waals surface area contributed by atoms with Gasteiger partial charge in [0.15, 0.2) is 0 Å². The van der Waals surface area contributed by atoms with Crippen LogP contribution in [0.5, 0.6) is 0 Å². The van der Waals surface area contributed by atoms with E-state index < -0.39 is 0 Å². The number of rotatable bonds is 4. The summed E-state index contributed by atoms with van der Waals surface area (Å²) in [5, 5.41) is 8.57. The van der Waals surface area contributed by atoms with Gasteiger partial charge in [-0.25, -0.2) is 0 Å². The molecule has 1 rings (SSSR count). The first-order valence-corrected chi connectivity index (χ1v) is 5.00. The first-order chi connectivity index (χ1) is 6.52. The highest BCUT2D eigenvalue weighted by Gasteiger charge is 2.09. The van der Waals surface area contributed by atoms with Crippen LogP contribution in [0.3, 0.4) is 0 Å². The molecule has 0 saturated heterocycles. The summed E-state index contributed by atoms with van der Waals surface area (Å²) in [4.78, 5) is 0. The summed E-state index contributed by atoms with van der Waals surface area (Å²) in [7, 11) is 1.82. The van der Waals surface area contributed by atoms with Crippen LogP contribution in [-0.4, -0.2) is 16.3 Å². The maximum absolute atomic E-state index is 6.03. The zero-order chi connectivity index (χ0) is 10.7. The Morgan fingerprint density at radius 3 is 2.71 bits per heavy atom. The van der Waals surface area contributed by atoms with Crippen molar-refractivity contribution in [3.05, 3.63) is 28.0 Å². The Morgan fingerprint density at radius 1 is 1.64 bits per heavy atom.